The average Bonchev–Trinajstić information content (AvgIpc) is 2.36. The molecule has 1 aromatic rings. The van der Waals surface area contributed by atoms with Crippen molar-refractivity contribution in [3.05, 3.63) is 28.2 Å². The molecule has 0 unspecified atom stereocenters. The van der Waals surface area contributed by atoms with Gasteiger partial charge < -0.3 is 15.4 Å². The van der Waals surface area contributed by atoms with Crippen LogP contribution in [0.1, 0.15) is 24.8 Å². The molecule has 1 aromatic heterocycles. The Balaban J connectivity index is 2.27. The number of hydrogen-bond donors (Lipinski definition) is 3. The van der Waals surface area contributed by atoms with Crippen LogP contribution in [0.4, 0.5) is 27.6 Å². The number of amides is 1. The van der Waals surface area contributed by atoms with Crippen LogP contribution in [-0.2, 0) is 11.0 Å². The van der Waals surface area contributed by atoms with E-state index in [1.165, 1.54) is 5.32 Å². The van der Waals surface area contributed by atoms with Crippen LogP contribution in [0.25, 0.3) is 0 Å². The van der Waals surface area contributed by atoms with Gasteiger partial charge in [-0.2, -0.15) is 22.0 Å². The lowest BCUT2D eigenvalue weighted by molar-refractivity contribution is -0.212. The van der Waals surface area contributed by atoms with Crippen molar-refractivity contribution in [2.24, 2.45) is 0 Å². The van der Waals surface area contributed by atoms with E-state index in [1.807, 2.05) is 0 Å². The Hall–Kier alpha value is -1.97. The molecule has 1 fully saturated rings. The minimum absolute atomic E-state index is 0.248. The second-order valence-electron chi connectivity index (χ2n) is 5.04. The normalized spacial score (nSPS) is 17.7. The van der Waals surface area contributed by atoms with Crippen LogP contribution in [-0.4, -0.2) is 27.5 Å². The summed E-state index contributed by atoms with van der Waals surface area (Å²) in [7, 11) is 0. The predicted molar refractivity (Wildman–Crippen MR) is 64.4 cm³/mol. The lowest BCUT2D eigenvalue weighted by Gasteiger charge is -2.41. The van der Waals surface area contributed by atoms with Gasteiger partial charge in [0.05, 0.1) is 5.56 Å². The largest absolute Gasteiger partial charge is 0.417 e. The van der Waals surface area contributed by atoms with Crippen LogP contribution in [0.15, 0.2) is 17.1 Å². The summed E-state index contributed by atoms with van der Waals surface area (Å²) in [6, 6.07) is 0.248. The molecule has 1 aliphatic carbocycles. The number of aromatic nitrogens is 1. The Bertz CT molecular complexity index is 649. The van der Waals surface area contributed by atoms with E-state index >= 15 is 0 Å². The number of anilines is 1. The Morgan fingerprint density at radius 3 is 2.32 bits per heavy atom. The molecular formula is C12H11F5N2O3. The number of halogens is 5. The summed E-state index contributed by atoms with van der Waals surface area (Å²) in [4.78, 5) is 24.6. The van der Waals surface area contributed by atoms with Gasteiger partial charge >= 0.3 is 12.1 Å². The molecule has 10 heteroatoms. The van der Waals surface area contributed by atoms with Crippen LogP contribution in [0, 0.1) is 0 Å². The van der Waals surface area contributed by atoms with Crippen molar-refractivity contribution < 1.29 is 31.9 Å². The van der Waals surface area contributed by atoms with Crippen LogP contribution < -0.4 is 10.9 Å². The molecule has 2 rings (SSSR count). The van der Waals surface area contributed by atoms with Crippen molar-refractivity contribution in [1.29, 1.82) is 0 Å². The zero-order chi connectivity index (χ0) is 16.8. The standard InChI is InChI=1S/C12H11F5N2O3/c13-11(14,10(22)2-1-3-10)9(21)19-7-4-6(12(15,16)17)5-18-8(7)20/h4-5,22H,1-3H2,(H,18,20)(H,19,21). The first-order chi connectivity index (χ1) is 9.97. The molecule has 1 saturated carbocycles. The lowest BCUT2D eigenvalue weighted by atomic mass is 9.75. The van der Waals surface area contributed by atoms with Crippen molar-refractivity contribution in [2.45, 2.75) is 37.0 Å². The van der Waals surface area contributed by atoms with Crippen LogP contribution >= 0.6 is 0 Å². The number of pyridine rings is 1. The fourth-order valence-electron chi connectivity index (χ4n) is 1.98. The van der Waals surface area contributed by atoms with Crippen LogP contribution in [0.2, 0.25) is 0 Å². The second kappa shape index (κ2) is 5.04. The van der Waals surface area contributed by atoms with Gasteiger partial charge in [-0.25, -0.2) is 0 Å². The fraction of sp³-hybridized carbons (Fsp3) is 0.500. The molecule has 0 aliphatic heterocycles. The van der Waals surface area contributed by atoms with E-state index in [-0.39, 0.29) is 18.9 Å². The minimum atomic E-state index is -4.82. The van der Waals surface area contributed by atoms with Gasteiger partial charge in [0, 0.05) is 6.20 Å². The third kappa shape index (κ3) is 2.70. The maximum Gasteiger partial charge on any atom is 0.417 e. The summed E-state index contributed by atoms with van der Waals surface area (Å²) in [5.74, 6) is -6.24. The van der Waals surface area contributed by atoms with Gasteiger partial charge in [0.2, 0.25) is 0 Å². The fourth-order valence-corrected chi connectivity index (χ4v) is 1.98. The van der Waals surface area contributed by atoms with E-state index < -0.39 is 40.4 Å². The molecule has 0 atom stereocenters. The topological polar surface area (TPSA) is 82.2 Å². The summed E-state index contributed by atoms with van der Waals surface area (Å²) in [6.07, 6.45) is -4.80. The molecule has 1 amide bonds. The summed E-state index contributed by atoms with van der Waals surface area (Å²) in [5, 5.41) is 11.0. The Labute approximate surface area is 120 Å². The number of H-pyrrole nitrogens is 1. The van der Waals surface area contributed by atoms with Gasteiger partial charge in [0.15, 0.2) is 0 Å². The molecule has 5 nitrogen and oxygen atoms in total. The molecule has 0 spiro atoms. The number of rotatable bonds is 3. The SMILES string of the molecule is O=C(Nc1cc(C(F)(F)F)c[nH]c1=O)C(F)(F)C1(O)CCC1. The second-order valence-corrected chi connectivity index (χ2v) is 5.04. The Morgan fingerprint density at radius 1 is 1.27 bits per heavy atom. The van der Waals surface area contributed by atoms with Gasteiger partial charge in [0.1, 0.15) is 11.3 Å². The number of aliphatic hydroxyl groups is 1. The van der Waals surface area contributed by atoms with Gasteiger partial charge in [-0.05, 0) is 25.3 Å². The van der Waals surface area contributed by atoms with Gasteiger partial charge in [-0.1, -0.05) is 0 Å². The van der Waals surface area contributed by atoms with E-state index in [9.17, 15) is 36.6 Å². The number of nitrogens with one attached hydrogen (secondary N) is 2. The first kappa shape index (κ1) is 16.4. The van der Waals surface area contributed by atoms with Crippen molar-refractivity contribution in [1.82, 2.24) is 4.98 Å². The molecular weight excluding hydrogens is 315 g/mol. The highest BCUT2D eigenvalue weighted by Crippen LogP contribution is 2.44. The number of carbonyl (C=O) groups excluding carboxylic acids is 1. The van der Waals surface area contributed by atoms with Gasteiger partial charge in [-0.15, -0.1) is 0 Å². The lowest BCUT2D eigenvalue weighted by Crippen LogP contribution is -2.59. The summed E-state index contributed by atoms with van der Waals surface area (Å²) >= 11 is 0. The van der Waals surface area contributed by atoms with Crippen molar-refractivity contribution in [3.63, 3.8) is 0 Å². The highest BCUT2D eigenvalue weighted by molar-refractivity contribution is 5.97. The number of alkyl halides is 5. The average molecular weight is 326 g/mol. The number of carbonyl (C=O) groups is 1. The van der Waals surface area contributed by atoms with Crippen molar-refractivity contribution in [2.75, 3.05) is 5.32 Å². The number of aromatic amines is 1. The van der Waals surface area contributed by atoms with Crippen LogP contribution in [0.3, 0.4) is 0 Å². The summed E-state index contributed by atoms with van der Waals surface area (Å²) in [5.41, 5.74) is -5.99. The molecule has 1 aliphatic rings. The first-order valence-electron chi connectivity index (χ1n) is 6.19. The van der Waals surface area contributed by atoms with Crippen LogP contribution in [0.5, 0.6) is 0 Å². The third-order valence-electron chi connectivity index (χ3n) is 3.53. The zero-order valence-electron chi connectivity index (χ0n) is 10.9. The minimum Gasteiger partial charge on any atom is -0.383 e. The molecule has 122 valence electrons. The number of hydrogen-bond acceptors (Lipinski definition) is 3. The van der Waals surface area contributed by atoms with E-state index in [0.29, 0.717) is 12.6 Å². The van der Waals surface area contributed by atoms with Gasteiger partial charge in [-0.3, -0.25) is 9.59 Å². The van der Waals surface area contributed by atoms with Crippen molar-refractivity contribution in [3.8, 4) is 0 Å². The molecule has 3 N–H and O–H groups in total. The first-order valence-corrected chi connectivity index (χ1v) is 6.19. The van der Waals surface area contributed by atoms with E-state index in [4.69, 9.17) is 0 Å². The van der Waals surface area contributed by atoms with Crippen molar-refractivity contribution >= 4 is 11.6 Å². The highest BCUT2D eigenvalue weighted by atomic mass is 19.4. The Morgan fingerprint density at radius 2 is 1.86 bits per heavy atom. The maximum atomic E-state index is 13.8. The molecule has 1 heterocycles. The summed E-state index contributed by atoms with van der Waals surface area (Å²) < 4.78 is 65.1. The maximum absolute atomic E-state index is 13.8. The highest BCUT2D eigenvalue weighted by Gasteiger charge is 2.61. The molecule has 0 aromatic carbocycles. The monoisotopic (exact) mass is 326 g/mol. The molecule has 0 saturated heterocycles. The smallest absolute Gasteiger partial charge is 0.383 e. The molecule has 0 radical (unpaired) electrons. The van der Waals surface area contributed by atoms with E-state index in [1.54, 1.807) is 4.98 Å². The zero-order valence-corrected chi connectivity index (χ0v) is 10.9. The third-order valence-corrected chi connectivity index (χ3v) is 3.53. The van der Waals surface area contributed by atoms with Gasteiger partial charge in [0.25, 0.3) is 11.5 Å². The predicted octanol–water partition coefficient (Wildman–Crippen LogP) is 1.88. The Kier molecular flexibility index (Phi) is 3.76. The van der Waals surface area contributed by atoms with E-state index in [2.05, 4.69) is 0 Å². The molecule has 22 heavy (non-hydrogen) atoms. The molecule has 0 bridgehead atoms. The summed E-state index contributed by atoms with van der Waals surface area (Å²) in [6.45, 7) is 0. The van der Waals surface area contributed by atoms with E-state index in [0.717, 1.165) is 0 Å². The quantitative estimate of drug-likeness (QED) is 0.742.